The minimum absolute atomic E-state index is 0.000808. The fourth-order valence-electron chi connectivity index (χ4n) is 3.91. The summed E-state index contributed by atoms with van der Waals surface area (Å²) < 4.78 is 46.9. The van der Waals surface area contributed by atoms with Gasteiger partial charge in [0.2, 0.25) is 5.82 Å². The molecule has 0 unspecified atom stereocenters. The molecule has 0 heterocycles. The smallest absolute Gasteiger partial charge is 0.200 e. The predicted octanol–water partition coefficient (Wildman–Crippen LogP) is 6.76. The van der Waals surface area contributed by atoms with Crippen LogP contribution in [0.3, 0.4) is 0 Å². The maximum absolute atomic E-state index is 14.1. The monoisotopic (exact) mass is 362 g/mol. The molecule has 0 spiro atoms. The maximum Gasteiger partial charge on any atom is 0.200 e. The molecule has 1 saturated carbocycles. The van der Waals surface area contributed by atoms with Gasteiger partial charge in [0.05, 0.1) is 0 Å². The Morgan fingerprint density at radius 2 is 1.77 bits per heavy atom. The molecule has 1 fully saturated rings. The zero-order valence-corrected chi connectivity index (χ0v) is 15.1. The minimum atomic E-state index is -0.982. The summed E-state index contributed by atoms with van der Waals surface area (Å²) in [6.45, 7) is 2.20. The van der Waals surface area contributed by atoms with Crippen molar-refractivity contribution in [2.45, 2.75) is 58.0 Å². The van der Waals surface area contributed by atoms with Crippen LogP contribution < -0.4 is 4.74 Å². The molecule has 1 aliphatic carbocycles. The largest absolute Gasteiger partial charge is 0.486 e. The van der Waals surface area contributed by atoms with Crippen LogP contribution in [0.25, 0.3) is 0 Å². The van der Waals surface area contributed by atoms with Crippen molar-refractivity contribution >= 4 is 0 Å². The molecule has 140 valence electrons. The molecule has 2 aromatic rings. The Labute approximate surface area is 153 Å². The third-order valence-electron chi connectivity index (χ3n) is 5.32. The van der Waals surface area contributed by atoms with Gasteiger partial charge in [-0.1, -0.05) is 31.9 Å². The van der Waals surface area contributed by atoms with E-state index in [4.69, 9.17) is 4.74 Å². The van der Waals surface area contributed by atoms with Crippen LogP contribution in [0.1, 0.15) is 62.5 Å². The molecule has 0 radical (unpaired) electrons. The molecule has 0 atom stereocenters. The molecule has 2 aromatic carbocycles. The molecular formula is C22H25F3O. The Balaban J connectivity index is 1.71. The van der Waals surface area contributed by atoms with Crippen molar-refractivity contribution in [1.82, 2.24) is 0 Å². The first-order chi connectivity index (χ1) is 12.6. The Hall–Kier alpha value is -1.97. The lowest BCUT2D eigenvalue weighted by molar-refractivity contribution is 0.280. The van der Waals surface area contributed by atoms with Crippen LogP contribution in [-0.4, -0.2) is 0 Å². The van der Waals surface area contributed by atoms with Crippen molar-refractivity contribution in [2.75, 3.05) is 0 Å². The highest BCUT2D eigenvalue weighted by Gasteiger charge is 2.24. The van der Waals surface area contributed by atoms with E-state index in [1.807, 2.05) is 0 Å². The molecule has 3 rings (SSSR count). The topological polar surface area (TPSA) is 9.23 Å². The first-order valence-corrected chi connectivity index (χ1v) is 9.43. The molecule has 0 saturated heterocycles. The van der Waals surface area contributed by atoms with Crippen LogP contribution in [-0.2, 0) is 6.61 Å². The second-order valence-electron chi connectivity index (χ2n) is 7.24. The second-order valence-corrected chi connectivity index (χ2v) is 7.24. The standard InChI is InChI=1S/C22H25F3O/c1-2-4-15-7-9-17(10-8-15)18-12-20(24)22(25)21(13-18)26-14-16-5-3-6-19(23)11-16/h3,5-6,11-13,15,17H,2,4,7-10,14H2,1H3. The van der Waals surface area contributed by atoms with E-state index >= 15 is 0 Å². The SMILES string of the molecule is CCCC1CCC(c2cc(F)c(F)c(OCc3cccc(F)c3)c2)CC1. The number of rotatable bonds is 6. The molecule has 0 N–H and O–H groups in total. The van der Waals surface area contributed by atoms with Crippen molar-refractivity contribution in [2.24, 2.45) is 5.92 Å². The van der Waals surface area contributed by atoms with E-state index in [1.54, 1.807) is 18.2 Å². The Bertz CT molecular complexity index is 736. The van der Waals surface area contributed by atoms with Crippen LogP contribution >= 0.6 is 0 Å². The molecule has 4 heteroatoms. The Morgan fingerprint density at radius 1 is 1.00 bits per heavy atom. The van der Waals surface area contributed by atoms with Gasteiger partial charge >= 0.3 is 0 Å². The van der Waals surface area contributed by atoms with Crippen molar-refractivity contribution in [3.05, 3.63) is 65.0 Å². The van der Waals surface area contributed by atoms with Crippen LogP contribution in [0.5, 0.6) is 5.75 Å². The van der Waals surface area contributed by atoms with Crippen molar-refractivity contribution < 1.29 is 17.9 Å². The number of ether oxygens (including phenoxy) is 1. The van der Waals surface area contributed by atoms with Gasteiger partial charge in [0.25, 0.3) is 0 Å². The zero-order chi connectivity index (χ0) is 18.5. The Kier molecular flexibility index (Phi) is 6.23. The first-order valence-electron chi connectivity index (χ1n) is 9.43. The molecular weight excluding hydrogens is 337 g/mol. The maximum atomic E-state index is 14.1. The lowest BCUT2D eigenvalue weighted by Crippen LogP contribution is -2.14. The fraction of sp³-hybridized carbons (Fsp3) is 0.455. The number of halogens is 3. The number of hydrogen-bond acceptors (Lipinski definition) is 1. The van der Waals surface area contributed by atoms with Gasteiger partial charge in [0.15, 0.2) is 11.6 Å². The molecule has 26 heavy (non-hydrogen) atoms. The van der Waals surface area contributed by atoms with Crippen LogP contribution in [0, 0.1) is 23.4 Å². The van der Waals surface area contributed by atoms with Gasteiger partial charge in [-0.3, -0.25) is 0 Å². The van der Waals surface area contributed by atoms with Crippen molar-refractivity contribution in [3.63, 3.8) is 0 Å². The Morgan fingerprint density at radius 3 is 2.46 bits per heavy atom. The van der Waals surface area contributed by atoms with E-state index in [2.05, 4.69) is 6.92 Å². The third kappa shape index (κ3) is 4.60. The summed E-state index contributed by atoms with van der Waals surface area (Å²) >= 11 is 0. The fourth-order valence-corrected chi connectivity index (χ4v) is 3.91. The summed E-state index contributed by atoms with van der Waals surface area (Å²) in [5.41, 5.74) is 1.38. The first kappa shape index (κ1) is 18.8. The van der Waals surface area contributed by atoms with E-state index in [0.717, 1.165) is 37.2 Å². The highest BCUT2D eigenvalue weighted by molar-refractivity contribution is 5.34. The van der Waals surface area contributed by atoms with Gasteiger partial charge in [-0.2, -0.15) is 4.39 Å². The van der Waals surface area contributed by atoms with Gasteiger partial charge in [-0.15, -0.1) is 0 Å². The average molecular weight is 362 g/mol. The van der Waals surface area contributed by atoms with Crippen molar-refractivity contribution in [3.8, 4) is 5.75 Å². The quantitative estimate of drug-likeness (QED) is 0.552. The lowest BCUT2D eigenvalue weighted by Gasteiger charge is -2.29. The highest BCUT2D eigenvalue weighted by Crippen LogP contribution is 2.39. The van der Waals surface area contributed by atoms with E-state index in [9.17, 15) is 13.2 Å². The normalized spacial score (nSPS) is 20.2. The van der Waals surface area contributed by atoms with E-state index in [-0.39, 0.29) is 24.1 Å². The molecule has 0 amide bonds. The van der Waals surface area contributed by atoms with Crippen LogP contribution in [0.4, 0.5) is 13.2 Å². The molecule has 1 nitrogen and oxygen atoms in total. The summed E-state index contributed by atoms with van der Waals surface area (Å²) in [7, 11) is 0. The molecule has 0 bridgehead atoms. The average Bonchev–Trinajstić information content (AvgIpc) is 2.64. The van der Waals surface area contributed by atoms with Gasteiger partial charge < -0.3 is 4.74 Å². The van der Waals surface area contributed by atoms with Gasteiger partial charge in [0, 0.05) is 0 Å². The molecule has 0 aliphatic heterocycles. The third-order valence-corrected chi connectivity index (χ3v) is 5.32. The highest BCUT2D eigenvalue weighted by atomic mass is 19.2. The van der Waals surface area contributed by atoms with E-state index in [1.165, 1.54) is 31.0 Å². The minimum Gasteiger partial charge on any atom is -0.486 e. The van der Waals surface area contributed by atoms with Gasteiger partial charge in [-0.05, 0) is 72.9 Å². The summed E-state index contributed by atoms with van der Waals surface area (Å²) in [6.07, 6.45) is 6.71. The van der Waals surface area contributed by atoms with Gasteiger partial charge in [-0.25, -0.2) is 8.78 Å². The van der Waals surface area contributed by atoms with Crippen molar-refractivity contribution in [1.29, 1.82) is 0 Å². The summed E-state index contributed by atoms with van der Waals surface area (Å²) in [5.74, 6) is -1.34. The number of benzene rings is 2. The molecule has 1 aliphatic rings. The van der Waals surface area contributed by atoms with E-state index in [0.29, 0.717) is 5.56 Å². The van der Waals surface area contributed by atoms with Gasteiger partial charge in [0.1, 0.15) is 12.4 Å². The van der Waals surface area contributed by atoms with E-state index < -0.39 is 11.6 Å². The zero-order valence-electron chi connectivity index (χ0n) is 15.1. The molecule has 0 aromatic heterocycles. The summed E-state index contributed by atoms with van der Waals surface area (Å²) in [6, 6.07) is 8.83. The second kappa shape index (κ2) is 8.61. The summed E-state index contributed by atoms with van der Waals surface area (Å²) in [4.78, 5) is 0. The number of hydrogen-bond donors (Lipinski definition) is 0. The van der Waals surface area contributed by atoms with Crippen LogP contribution in [0.2, 0.25) is 0 Å². The van der Waals surface area contributed by atoms with Crippen LogP contribution in [0.15, 0.2) is 36.4 Å². The lowest BCUT2D eigenvalue weighted by atomic mass is 9.77. The summed E-state index contributed by atoms with van der Waals surface area (Å²) in [5, 5.41) is 0. The predicted molar refractivity (Wildman–Crippen MR) is 96.7 cm³/mol.